The van der Waals surface area contributed by atoms with Crippen molar-refractivity contribution in [2.45, 2.75) is 19.0 Å². The molecule has 0 N–H and O–H groups in total. The Balaban J connectivity index is 3.73. The molecule has 0 rings (SSSR count). The highest BCUT2D eigenvalue weighted by Crippen LogP contribution is 2.16. The summed E-state index contributed by atoms with van der Waals surface area (Å²) >= 11 is 5.43. The molecule has 0 aromatic carbocycles. The van der Waals surface area contributed by atoms with Crippen LogP contribution in [0.5, 0.6) is 0 Å². The molecule has 0 saturated heterocycles. The van der Waals surface area contributed by atoms with Crippen molar-refractivity contribution in [3.05, 3.63) is 0 Å². The lowest BCUT2D eigenvalue weighted by Crippen LogP contribution is -2.36. The van der Waals surface area contributed by atoms with Gasteiger partial charge in [-0.05, 0) is 19.4 Å². The smallest absolute Gasteiger partial charge is 0.385 e. The minimum absolute atomic E-state index is 0.223. The summed E-state index contributed by atoms with van der Waals surface area (Å²) < 4.78 is 41.1. The topological polar surface area (TPSA) is 12.5 Å². The predicted octanol–water partition coefficient (Wildman–Crippen LogP) is 2.52. The van der Waals surface area contributed by atoms with Gasteiger partial charge < -0.3 is 4.74 Å². The molecule has 92 valence electrons. The molecule has 0 saturated carbocycles. The fraction of sp³-hybridized carbons (Fsp3) is 1.00. The third-order valence-corrected chi connectivity index (χ3v) is 2.05. The summed E-state index contributed by atoms with van der Waals surface area (Å²) in [5.41, 5.74) is 0. The number of methoxy groups -OCH3 is 1. The second-order valence-electron chi connectivity index (χ2n) is 3.28. The molecular formula is C9H17ClF3NO. The Hall–Kier alpha value is -0.0000000000000000555. The van der Waals surface area contributed by atoms with Gasteiger partial charge in [-0.15, -0.1) is 11.6 Å². The Morgan fingerprint density at radius 3 is 2.33 bits per heavy atom. The average Bonchev–Trinajstić information content (AvgIpc) is 2.10. The number of unbranched alkanes of at least 4 members (excludes halogenated alkanes) is 1. The van der Waals surface area contributed by atoms with E-state index in [9.17, 15) is 13.2 Å². The number of rotatable bonds is 8. The second kappa shape index (κ2) is 8.19. The zero-order valence-corrected chi connectivity index (χ0v) is 9.57. The maximum absolute atomic E-state index is 12.1. The predicted molar refractivity (Wildman–Crippen MR) is 54.3 cm³/mol. The third-order valence-electron chi connectivity index (χ3n) is 1.88. The van der Waals surface area contributed by atoms with E-state index in [1.165, 1.54) is 4.90 Å². The monoisotopic (exact) mass is 247 g/mol. The van der Waals surface area contributed by atoms with Gasteiger partial charge in [0, 0.05) is 26.1 Å². The molecule has 0 aliphatic heterocycles. The van der Waals surface area contributed by atoms with Crippen LogP contribution < -0.4 is 0 Å². The third kappa shape index (κ3) is 10.3. The van der Waals surface area contributed by atoms with Crippen molar-refractivity contribution in [3.8, 4) is 0 Å². The summed E-state index contributed by atoms with van der Waals surface area (Å²) in [5, 5.41) is 0. The van der Waals surface area contributed by atoms with Gasteiger partial charge in [-0.1, -0.05) is 0 Å². The molecule has 0 unspecified atom stereocenters. The molecule has 15 heavy (non-hydrogen) atoms. The molecule has 0 fully saturated rings. The average molecular weight is 248 g/mol. The molecule has 0 aliphatic rings. The summed E-state index contributed by atoms with van der Waals surface area (Å²) in [6, 6.07) is 0. The van der Waals surface area contributed by atoms with E-state index in [1.807, 2.05) is 0 Å². The first kappa shape index (κ1) is 15.0. The second-order valence-corrected chi connectivity index (χ2v) is 3.66. The normalized spacial score (nSPS) is 12.4. The van der Waals surface area contributed by atoms with E-state index in [-0.39, 0.29) is 12.4 Å². The number of halogens is 4. The summed E-state index contributed by atoms with van der Waals surface area (Å²) in [7, 11) is 1.58. The number of hydrogen-bond acceptors (Lipinski definition) is 2. The lowest BCUT2D eigenvalue weighted by molar-refractivity contribution is -0.145. The molecule has 0 radical (unpaired) electrons. The van der Waals surface area contributed by atoms with Crippen molar-refractivity contribution >= 4 is 11.6 Å². The molecule has 0 aromatic rings. The minimum atomic E-state index is -4.15. The number of alkyl halides is 4. The Morgan fingerprint density at radius 2 is 1.87 bits per heavy atom. The van der Waals surface area contributed by atoms with Crippen molar-refractivity contribution in [2.24, 2.45) is 0 Å². The lowest BCUT2D eigenvalue weighted by atomic mass is 10.3. The van der Waals surface area contributed by atoms with Gasteiger partial charge in [0.05, 0.1) is 6.54 Å². The molecule has 0 aromatic heterocycles. The van der Waals surface area contributed by atoms with Crippen LogP contribution in [0.15, 0.2) is 0 Å². The van der Waals surface area contributed by atoms with Gasteiger partial charge in [0.2, 0.25) is 0 Å². The fourth-order valence-electron chi connectivity index (χ4n) is 1.22. The van der Waals surface area contributed by atoms with Crippen LogP contribution in [0.1, 0.15) is 12.8 Å². The SMILES string of the molecule is COCCCCN(CCCl)CC(F)(F)F. The fourth-order valence-corrected chi connectivity index (χ4v) is 1.46. The lowest BCUT2D eigenvalue weighted by Gasteiger charge is -2.22. The van der Waals surface area contributed by atoms with Gasteiger partial charge in [-0.2, -0.15) is 13.2 Å². The van der Waals surface area contributed by atoms with Gasteiger partial charge in [0.15, 0.2) is 0 Å². The number of hydrogen-bond donors (Lipinski definition) is 0. The first-order valence-corrected chi connectivity index (χ1v) is 5.37. The quantitative estimate of drug-likeness (QED) is 0.483. The molecule has 0 aliphatic carbocycles. The van der Waals surface area contributed by atoms with E-state index in [0.29, 0.717) is 19.6 Å². The van der Waals surface area contributed by atoms with E-state index < -0.39 is 12.7 Å². The van der Waals surface area contributed by atoms with Gasteiger partial charge >= 0.3 is 6.18 Å². The van der Waals surface area contributed by atoms with Gasteiger partial charge in [0.1, 0.15) is 0 Å². The molecular weight excluding hydrogens is 231 g/mol. The van der Waals surface area contributed by atoms with Crippen molar-refractivity contribution in [1.82, 2.24) is 4.90 Å². The van der Waals surface area contributed by atoms with Crippen LogP contribution in [0.2, 0.25) is 0 Å². The van der Waals surface area contributed by atoms with Crippen LogP contribution in [0.25, 0.3) is 0 Å². The zero-order chi connectivity index (χ0) is 11.7. The Kier molecular flexibility index (Phi) is 8.19. The Bertz CT molecular complexity index is 155. The minimum Gasteiger partial charge on any atom is -0.385 e. The van der Waals surface area contributed by atoms with E-state index in [1.54, 1.807) is 7.11 Å². The van der Waals surface area contributed by atoms with Crippen LogP contribution in [0, 0.1) is 0 Å². The van der Waals surface area contributed by atoms with Crippen LogP contribution in [0.3, 0.4) is 0 Å². The standard InChI is InChI=1S/C9H17ClF3NO/c1-15-7-3-2-5-14(6-4-10)8-9(11,12)13/h2-8H2,1H3. The molecule has 6 heteroatoms. The summed E-state index contributed by atoms with van der Waals surface area (Å²) in [5.74, 6) is 0.223. The van der Waals surface area contributed by atoms with E-state index in [0.717, 1.165) is 6.42 Å². The molecule has 0 bridgehead atoms. The number of nitrogens with zero attached hydrogens (tertiary/aromatic N) is 1. The maximum Gasteiger partial charge on any atom is 0.401 e. The molecule has 0 spiro atoms. The van der Waals surface area contributed by atoms with Gasteiger partial charge in [-0.25, -0.2) is 0 Å². The highest BCUT2D eigenvalue weighted by molar-refractivity contribution is 6.18. The van der Waals surface area contributed by atoms with Crippen molar-refractivity contribution < 1.29 is 17.9 Å². The van der Waals surface area contributed by atoms with Crippen LogP contribution in [-0.2, 0) is 4.74 Å². The van der Waals surface area contributed by atoms with E-state index in [4.69, 9.17) is 16.3 Å². The van der Waals surface area contributed by atoms with E-state index >= 15 is 0 Å². The maximum atomic E-state index is 12.1. The highest BCUT2D eigenvalue weighted by atomic mass is 35.5. The molecule has 0 amide bonds. The van der Waals surface area contributed by atoms with Crippen molar-refractivity contribution in [2.75, 3.05) is 39.2 Å². The van der Waals surface area contributed by atoms with E-state index in [2.05, 4.69) is 0 Å². The first-order chi connectivity index (χ1) is 6.99. The van der Waals surface area contributed by atoms with Gasteiger partial charge in [-0.3, -0.25) is 4.90 Å². The summed E-state index contributed by atoms with van der Waals surface area (Å²) in [6.45, 7) is 0.386. The zero-order valence-electron chi connectivity index (χ0n) is 8.82. The van der Waals surface area contributed by atoms with Crippen molar-refractivity contribution in [3.63, 3.8) is 0 Å². The largest absolute Gasteiger partial charge is 0.401 e. The molecule has 2 nitrogen and oxygen atoms in total. The molecule has 0 atom stereocenters. The van der Waals surface area contributed by atoms with Crippen LogP contribution in [-0.4, -0.2) is 50.3 Å². The number of ether oxygens (including phenoxy) is 1. The summed E-state index contributed by atoms with van der Waals surface area (Å²) in [6.07, 6.45) is -2.68. The van der Waals surface area contributed by atoms with Crippen molar-refractivity contribution in [1.29, 1.82) is 0 Å². The molecule has 0 heterocycles. The van der Waals surface area contributed by atoms with Crippen LogP contribution >= 0.6 is 11.6 Å². The Labute approximate surface area is 93.3 Å². The first-order valence-electron chi connectivity index (χ1n) is 4.83. The Morgan fingerprint density at radius 1 is 1.20 bits per heavy atom. The highest BCUT2D eigenvalue weighted by Gasteiger charge is 2.30. The summed E-state index contributed by atoms with van der Waals surface area (Å²) in [4.78, 5) is 1.32. The van der Waals surface area contributed by atoms with Crippen LogP contribution in [0.4, 0.5) is 13.2 Å². The van der Waals surface area contributed by atoms with Gasteiger partial charge in [0.25, 0.3) is 0 Å².